The van der Waals surface area contributed by atoms with Crippen LogP contribution in [-0.2, 0) is 31.0 Å². The standard InChI is InChI=1S/C5H11NO.2ClH.Zr/c1-3-5(7)6-4-2;;;/h3-4H2,1-2H3,(H,6,7);2*1H;/q;;;+3/p-3. The molecule has 0 spiro atoms. The molecule has 0 aliphatic heterocycles. The van der Waals surface area contributed by atoms with Crippen molar-refractivity contribution in [1.82, 2.24) is 0 Å². The van der Waals surface area contributed by atoms with Gasteiger partial charge in [-0.1, -0.05) is 13.8 Å². The van der Waals surface area contributed by atoms with E-state index in [9.17, 15) is 4.79 Å². The zero-order chi connectivity index (χ0) is 5.70. The molecular formula is C5H10Cl2NOZr. The number of nitrogens with zero attached hydrogens (tertiary/aromatic N) is 1. The molecule has 0 unspecified atom stereocenters. The van der Waals surface area contributed by atoms with Gasteiger partial charge in [0, 0.05) is 0 Å². The number of carbonyl (C=O) groups is 1. The van der Waals surface area contributed by atoms with Crippen molar-refractivity contribution in [2.75, 3.05) is 6.54 Å². The van der Waals surface area contributed by atoms with E-state index < -0.39 is 0 Å². The summed E-state index contributed by atoms with van der Waals surface area (Å²) in [6, 6.07) is 0. The Bertz CT molecular complexity index is 72.7. The van der Waals surface area contributed by atoms with Crippen LogP contribution >= 0.6 is 0 Å². The maximum Gasteiger partial charge on any atom is 3.00 e. The summed E-state index contributed by atoms with van der Waals surface area (Å²) in [7, 11) is 0. The van der Waals surface area contributed by atoms with Crippen LogP contribution in [0.2, 0.25) is 0 Å². The second-order valence-electron chi connectivity index (χ2n) is 1.22. The molecule has 0 aromatic carbocycles. The van der Waals surface area contributed by atoms with E-state index in [1.807, 2.05) is 13.8 Å². The monoisotopic (exact) mass is 260 g/mol. The molecule has 10 heavy (non-hydrogen) atoms. The molecule has 0 fully saturated rings. The first kappa shape index (κ1) is 22.4. The molecule has 59 valence electrons. The minimum Gasteiger partial charge on any atom is -1.00 e. The summed E-state index contributed by atoms with van der Waals surface area (Å²) in [4.78, 5) is 10.2. The Morgan fingerprint density at radius 3 is 1.80 bits per heavy atom. The van der Waals surface area contributed by atoms with E-state index >= 15 is 0 Å². The van der Waals surface area contributed by atoms with E-state index in [1.54, 1.807) is 0 Å². The van der Waals surface area contributed by atoms with Crippen molar-refractivity contribution in [2.24, 2.45) is 0 Å². The third-order valence-electron chi connectivity index (χ3n) is 0.637. The first-order chi connectivity index (χ1) is 3.31. The van der Waals surface area contributed by atoms with Gasteiger partial charge in [-0.3, -0.25) is 0 Å². The van der Waals surface area contributed by atoms with Crippen molar-refractivity contribution >= 4 is 5.91 Å². The van der Waals surface area contributed by atoms with Crippen molar-refractivity contribution in [3.05, 3.63) is 5.32 Å². The first-order valence-corrected chi connectivity index (χ1v) is 2.51. The van der Waals surface area contributed by atoms with E-state index in [-0.39, 0.29) is 56.9 Å². The van der Waals surface area contributed by atoms with E-state index in [0.29, 0.717) is 13.0 Å². The van der Waals surface area contributed by atoms with E-state index in [2.05, 4.69) is 5.32 Å². The quantitative estimate of drug-likeness (QED) is 0.492. The summed E-state index contributed by atoms with van der Waals surface area (Å²) in [5.74, 6) is 0.00231. The number of amides is 1. The number of hydrogen-bond donors (Lipinski definition) is 0. The van der Waals surface area contributed by atoms with Gasteiger partial charge in [0.2, 0.25) is 0 Å². The zero-order valence-corrected chi connectivity index (χ0v) is 10.00. The van der Waals surface area contributed by atoms with Gasteiger partial charge in [0.1, 0.15) is 0 Å². The first-order valence-electron chi connectivity index (χ1n) is 2.51. The van der Waals surface area contributed by atoms with Crippen LogP contribution in [0.3, 0.4) is 0 Å². The Balaban J connectivity index is -0.0000000600. The third kappa shape index (κ3) is 16.0. The largest absolute Gasteiger partial charge is 3.00 e. The Morgan fingerprint density at radius 2 is 1.70 bits per heavy atom. The number of halogens is 2. The van der Waals surface area contributed by atoms with Crippen LogP contribution in [0.1, 0.15) is 20.3 Å². The zero-order valence-electron chi connectivity index (χ0n) is 6.03. The van der Waals surface area contributed by atoms with Gasteiger partial charge < -0.3 is 34.9 Å². The molecule has 0 bridgehead atoms. The van der Waals surface area contributed by atoms with Crippen LogP contribution < -0.4 is 24.8 Å². The van der Waals surface area contributed by atoms with Crippen molar-refractivity contribution in [3.63, 3.8) is 0 Å². The molecule has 0 atom stereocenters. The summed E-state index contributed by atoms with van der Waals surface area (Å²) < 4.78 is 0. The van der Waals surface area contributed by atoms with Gasteiger partial charge in [-0.05, 0) is 6.42 Å². The third-order valence-corrected chi connectivity index (χ3v) is 0.637. The Hall–Kier alpha value is 0.933. The maximum atomic E-state index is 10.2. The summed E-state index contributed by atoms with van der Waals surface area (Å²) in [6.45, 7) is 4.28. The van der Waals surface area contributed by atoms with Crippen LogP contribution in [-0.4, -0.2) is 12.5 Å². The molecule has 2 nitrogen and oxygen atoms in total. The number of rotatable bonds is 2. The Morgan fingerprint density at radius 1 is 1.30 bits per heavy atom. The van der Waals surface area contributed by atoms with Gasteiger partial charge in [0.15, 0.2) is 0 Å². The van der Waals surface area contributed by atoms with Gasteiger partial charge in [0.25, 0.3) is 0 Å². The molecule has 0 rings (SSSR count). The normalized spacial score (nSPS) is 5.80. The van der Waals surface area contributed by atoms with Crippen LogP contribution in [0, 0.1) is 0 Å². The molecule has 0 aliphatic rings. The van der Waals surface area contributed by atoms with E-state index in [0.717, 1.165) is 0 Å². The molecule has 0 aliphatic carbocycles. The molecule has 1 radical (unpaired) electrons. The predicted molar refractivity (Wildman–Crippen MR) is 29.2 cm³/mol. The Labute approximate surface area is 93.5 Å². The van der Waals surface area contributed by atoms with Crippen molar-refractivity contribution in [3.8, 4) is 0 Å². The van der Waals surface area contributed by atoms with Crippen molar-refractivity contribution in [2.45, 2.75) is 20.3 Å². The van der Waals surface area contributed by atoms with Crippen LogP contribution in [0.5, 0.6) is 0 Å². The predicted octanol–water partition coefficient (Wildman–Crippen LogP) is -4.68. The molecule has 0 aromatic rings. The molecule has 0 aromatic heterocycles. The molecular weight excluding hydrogens is 252 g/mol. The molecule has 0 N–H and O–H groups in total. The SMILES string of the molecule is CC[N-]C(=O)CC.[Cl-].[Cl-].[Zr+3]. The van der Waals surface area contributed by atoms with Gasteiger partial charge in [0.05, 0.1) is 5.91 Å². The maximum absolute atomic E-state index is 10.2. The Kier molecular flexibility index (Phi) is 37.0. The number of hydrogen-bond acceptors (Lipinski definition) is 1. The van der Waals surface area contributed by atoms with Crippen molar-refractivity contribution < 1.29 is 55.8 Å². The minimum atomic E-state index is 0. The average molecular weight is 262 g/mol. The van der Waals surface area contributed by atoms with Gasteiger partial charge in [-0.15, -0.1) is 6.54 Å². The van der Waals surface area contributed by atoms with Gasteiger partial charge in [-0.25, -0.2) is 0 Å². The summed E-state index contributed by atoms with van der Waals surface area (Å²) >= 11 is 0. The van der Waals surface area contributed by atoms with Crippen LogP contribution in [0.25, 0.3) is 5.32 Å². The fourth-order valence-electron chi connectivity index (χ4n) is 0.288. The minimum absolute atomic E-state index is 0. The topological polar surface area (TPSA) is 31.2 Å². The fraction of sp³-hybridized carbons (Fsp3) is 0.800. The average Bonchev–Trinajstić information content (AvgIpc) is 1.68. The molecule has 1 amide bonds. The summed E-state index contributed by atoms with van der Waals surface area (Å²) in [5, 5.41) is 3.60. The second kappa shape index (κ2) is 16.5. The molecule has 5 heteroatoms. The van der Waals surface area contributed by atoms with Crippen molar-refractivity contribution in [1.29, 1.82) is 0 Å². The fourth-order valence-corrected chi connectivity index (χ4v) is 0.288. The van der Waals surface area contributed by atoms with E-state index in [1.165, 1.54) is 0 Å². The molecule has 0 saturated carbocycles. The molecule has 0 heterocycles. The summed E-state index contributed by atoms with van der Waals surface area (Å²) in [5.41, 5.74) is 0. The van der Waals surface area contributed by atoms with Crippen LogP contribution in [0.15, 0.2) is 0 Å². The van der Waals surface area contributed by atoms with Gasteiger partial charge in [-0.2, -0.15) is 0 Å². The summed E-state index contributed by atoms with van der Waals surface area (Å²) in [6.07, 6.45) is 0.536. The number of carbonyl (C=O) groups excluding carboxylic acids is 1. The van der Waals surface area contributed by atoms with Gasteiger partial charge >= 0.3 is 26.2 Å². The smallest absolute Gasteiger partial charge is 1.00 e. The van der Waals surface area contributed by atoms with E-state index in [4.69, 9.17) is 0 Å². The second-order valence-corrected chi connectivity index (χ2v) is 1.22. The van der Waals surface area contributed by atoms with Crippen LogP contribution in [0.4, 0.5) is 0 Å². The molecule has 0 saturated heterocycles.